The van der Waals surface area contributed by atoms with E-state index in [-0.39, 0.29) is 0 Å². The Kier molecular flexibility index (Phi) is 3.16. The smallest absolute Gasteiger partial charge is 0.0314 e. The van der Waals surface area contributed by atoms with E-state index in [1.54, 1.807) is 0 Å². The Hall–Kier alpha value is -1.96. The van der Waals surface area contributed by atoms with Crippen LogP contribution in [0.1, 0.15) is 42.2 Å². The van der Waals surface area contributed by atoms with Crippen LogP contribution in [0.15, 0.2) is 48.5 Å². The van der Waals surface area contributed by atoms with Crippen molar-refractivity contribution in [3.63, 3.8) is 0 Å². The van der Waals surface area contributed by atoms with E-state index in [4.69, 9.17) is 11.5 Å². The SMILES string of the molecule is Nc1ccc([C@@H]2CCC[C@H]2c2ccc(N)cc2)cc1. The molecule has 19 heavy (non-hydrogen) atoms. The van der Waals surface area contributed by atoms with Crippen LogP contribution in [-0.4, -0.2) is 0 Å². The Labute approximate surface area is 114 Å². The van der Waals surface area contributed by atoms with Crippen molar-refractivity contribution >= 4 is 11.4 Å². The van der Waals surface area contributed by atoms with Crippen LogP contribution >= 0.6 is 0 Å². The summed E-state index contributed by atoms with van der Waals surface area (Å²) >= 11 is 0. The molecule has 1 fully saturated rings. The van der Waals surface area contributed by atoms with Crippen molar-refractivity contribution in [2.24, 2.45) is 0 Å². The molecule has 0 heterocycles. The number of rotatable bonds is 2. The molecule has 0 saturated heterocycles. The second-order valence-corrected chi connectivity index (χ2v) is 5.48. The van der Waals surface area contributed by atoms with Gasteiger partial charge in [0.1, 0.15) is 0 Å². The lowest BCUT2D eigenvalue weighted by Gasteiger charge is -2.21. The Balaban J connectivity index is 1.89. The predicted octanol–water partition coefficient (Wildman–Crippen LogP) is 3.90. The molecule has 2 atom stereocenters. The first-order valence-electron chi connectivity index (χ1n) is 6.95. The van der Waals surface area contributed by atoms with Gasteiger partial charge in [0.15, 0.2) is 0 Å². The summed E-state index contributed by atoms with van der Waals surface area (Å²) in [4.78, 5) is 0. The van der Waals surface area contributed by atoms with Gasteiger partial charge in [0, 0.05) is 11.4 Å². The third kappa shape index (κ3) is 2.43. The molecule has 0 amide bonds. The summed E-state index contributed by atoms with van der Waals surface area (Å²) in [5.41, 5.74) is 16.0. The number of nitrogen functional groups attached to an aromatic ring is 2. The number of anilines is 2. The van der Waals surface area contributed by atoms with Crippen LogP contribution < -0.4 is 11.5 Å². The monoisotopic (exact) mass is 252 g/mol. The maximum atomic E-state index is 5.77. The van der Waals surface area contributed by atoms with Gasteiger partial charge < -0.3 is 11.5 Å². The van der Waals surface area contributed by atoms with E-state index in [9.17, 15) is 0 Å². The highest BCUT2D eigenvalue weighted by molar-refractivity contribution is 5.44. The van der Waals surface area contributed by atoms with E-state index in [0.29, 0.717) is 11.8 Å². The van der Waals surface area contributed by atoms with Crippen LogP contribution in [0, 0.1) is 0 Å². The van der Waals surface area contributed by atoms with Gasteiger partial charge >= 0.3 is 0 Å². The summed E-state index contributed by atoms with van der Waals surface area (Å²) in [5.74, 6) is 1.23. The van der Waals surface area contributed by atoms with Gasteiger partial charge in [-0.25, -0.2) is 0 Å². The normalized spacial score (nSPS) is 22.5. The Bertz CT molecular complexity index is 491. The lowest BCUT2D eigenvalue weighted by atomic mass is 9.84. The minimum atomic E-state index is 0.615. The number of hydrogen-bond acceptors (Lipinski definition) is 2. The molecule has 2 heteroatoms. The third-order valence-corrected chi connectivity index (χ3v) is 4.25. The van der Waals surface area contributed by atoms with Crippen LogP contribution in [0.5, 0.6) is 0 Å². The highest BCUT2D eigenvalue weighted by Gasteiger charge is 2.29. The first kappa shape index (κ1) is 12.1. The lowest BCUT2D eigenvalue weighted by Crippen LogP contribution is -2.05. The predicted molar refractivity (Wildman–Crippen MR) is 81.0 cm³/mol. The van der Waals surface area contributed by atoms with Crippen molar-refractivity contribution in [3.05, 3.63) is 59.7 Å². The minimum Gasteiger partial charge on any atom is -0.399 e. The minimum absolute atomic E-state index is 0.615. The van der Waals surface area contributed by atoms with Gasteiger partial charge in [-0.15, -0.1) is 0 Å². The fraction of sp³-hybridized carbons (Fsp3) is 0.294. The summed E-state index contributed by atoms with van der Waals surface area (Å²) in [6.07, 6.45) is 3.82. The van der Waals surface area contributed by atoms with Crippen LogP contribution in [-0.2, 0) is 0 Å². The molecule has 1 saturated carbocycles. The summed E-state index contributed by atoms with van der Waals surface area (Å²) < 4.78 is 0. The Morgan fingerprint density at radius 3 is 1.37 bits per heavy atom. The number of benzene rings is 2. The summed E-state index contributed by atoms with van der Waals surface area (Å²) in [5, 5.41) is 0. The average molecular weight is 252 g/mol. The van der Waals surface area contributed by atoms with E-state index >= 15 is 0 Å². The van der Waals surface area contributed by atoms with Crippen molar-refractivity contribution in [1.29, 1.82) is 0 Å². The summed E-state index contributed by atoms with van der Waals surface area (Å²) in [6, 6.07) is 16.7. The molecule has 0 bridgehead atoms. The molecule has 0 aromatic heterocycles. The van der Waals surface area contributed by atoms with Gasteiger partial charge in [0.2, 0.25) is 0 Å². The second-order valence-electron chi connectivity index (χ2n) is 5.48. The molecule has 3 rings (SSSR count). The zero-order valence-electron chi connectivity index (χ0n) is 11.0. The molecular weight excluding hydrogens is 232 g/mol. The first-order valence-corrected chi connectivity index (χ1v) is 6.95. The molecule has 2 aromatic carbocycles. The molecule has 98 valence electrons. The van der Waals surface area contributed by atoms with E-state index in [2.05, 4.69) is 24.3 Å². The van der Waals surface area contributed by atoms with Crippen LogP contribution in [0.3, 0.4) is 0 Å². The van der Waals surface area contributed by atoms with Crippen LogP contribution in [0.4, 0.5) is 11.4 Å². The quantitative estimate of drug-likeness (QED) is 0.796. The largest absolute Gasteiger partial charge is 0.399 e. The zero-order valence-corrected chi connectivity index (χ0v) is 11.0. The molecule has 4 N–H and O–H groups in total. The summed E-state index contributed by atoms with van der Waals surface area (Å²) in [7, 11) is 0. The zero-order chi connectivity index (χ0) is 13.2. The van der Waals surface area contributed by atoms with Crippen molar-refractivity contribution in [3.8, 4) is 0 Å². The lowest BCUT2D eigenvalue weighted by molar-refractivity contribution is 0.624. The van der Waals surface area contributed by atoms with Gasteiger partial charge in [-0.2, -0.15) is 0 Å². The van der Waals surface area contributed by atoms with Crippen molar-refractivity contribution in [2.45, 2.75) is 31.1 Å². The third-order valence-electron chi connectivity index (χ3n) is 4.25. The van der Waals surface area contributed by atoms with E-state index in [1.165, 1.54) is 30.4 Å². The fourth-order valence-corrected chi connectivity index (χ4v) is 3.24. The Morgan fingerprint density at radius 1 is 0.632 bits per heavy atom. The average Bonchev–Trinajstić information content (AvgIpc) is 2.90. The van der Waals surface area contributed by atoms with E-state index < -0.39 is 0 Å². The standard InChI is InChI=1S/C17H20N2/c18-14-8-4-12(5-9-14)16-2-1-3-17(16)13-6-10-15(19)11-7-13/h4-11,16-17H,1-3,18-19H2/t16-,17-/m0/s1. The molecule has 0 unspecified atom stereocenters. The number of hydrogen-bond donors (Lipinski definition) is 2. The maximum absolute atomic E-state index is 5.77. The topological polar surface area (TPSA) is 52.0 Å². The van der Waals surface area contributed by atoms with Gasteiger partial charge in [0.05, 0.1) is 0 Å². The van der Waals surface area contributed by atoms with E-state index in [0.717, 1.165) is 11.4 Å². The fourth-order valence-electron chi connectivity index (χ4n) is 3.24. The van der Waals surface area contributed by atoms with Crippen LogP contribution in [0.2, 0.25) is 0 Å². The van der Waals surface area contributed by atoms with Crippen LogP contribution in [0.25, 0.3) is 0 Å². The maximum Gasteiger partial charge on any atom is 0.0314 e. The molecule has 0 radical (unpaired) electrons. The van der Waals surface area contributed by atoms with Gasteiger partial charge in [0.25, 0.3) is 0 Å². The Morgan fingerprint density at radius 2 is 1.00 bits per heavy atom. The molecule has 0 aliphatic heterocycles. The first-order chi connectivity index (χ1) is 9.24. The molecular formula is C17H20N2. The van der Waals surface area contributed by atoms with Crippen molar-refractivity contribution in [2.75, 3.05) is 11.5 Å². The summed E-state index contributed by atoms with van der Waals surface area (Å²) in [6.45, 7) is 0. The van der Waals surface area contributed by atoms with Crippen molar-refractivity contribution in [1.82, 2.24) is 0 Å². The molecule has 2 nitrogen and oxygen atoms in total. The second kappa shape index (κ2) is 4.96. The van der Waals surface area contributed by atoms with Crippen molar-refractivity contribution < 1.29 is 0 Å². The molecule has 2 aromatic rings. The molecule has 1 aliphatic carbocycles. The molecule has 1 aliphatic rings. The highest BCUT2D eigenvalue weighted by Crippen LogP contribution is 2.46. The number of nitrogens with two attached hydrogens (primary N) is 2. The highest BCUT2D eigenvalue weighted by atomic mass is 14.5. The van der Waals surface area contributed by atoms with E-state index in [1.807, 2.05) is 24.3 Å². The van der Waals surface area contributed by atoms with Gasteiger partial charge in [-0.3, -0.25) is 0 Å². The van der Waals surface area contributed by atoms with Gasteiger partial charge in [-0.1, -0.05) is 30.7 Å². The molecule has 0 spiro atoms. The van der Waals surface area contributed by atoms with Gasteiger partial charge in [-0.05, 0) is 60.1 Å².